The fraction of sp³-hybridized carbons (Fsp3) is 0.923. The number of piperidine rings is 1. The van der Waals surface area contributed by atoms with Gasteiger partial charge in [0.05, 0.1) is 12.2 Å². The second kappa shape index (κ2) is 7.55. The first kappa shape index (κ1) is 20.4. The zero-order chi connectivity index (χ0) is 20.2. The number of hydrogen-bond donors (Lipinski definition) is 1. The summed E-state index contributed by atoms with van der Waals surface area (Å²) in [6.45, 7) is 11.8. The van der Waals surface area contributed by atoms with Gasteiger partial charge in [0.25, 0.3) is 0 Å². The first-order valence-corrected chi connectivity index (χ1v) is 12.7. The molecule has 0 bridgehead atoms. The van der Waals surface area contributed by atoms with Gasteiger partial charge in [-0.05, 0) is 107 Å². The van der Waals surface area contributed by atoms with Gasteiger partial charge in [0.15, 0.2) is 0 Å². The minimum absolute atomic E-state index is 0.0471. The molecule has 0 aromatic rings. The fourth-order valence-electron chi connectivity index (χ4n) is 8.92. The standard InChI is InChI=1S/C26H43NO2/c1-18(24-10-4-5-17-29-24)27-16-7-8-21-19-11-12-22-23(28)9-6-14-25(22,2)20(19)13-15-26(21,27)3/h19-24,28H,1,4-17H2,2-3H3. The van der Waals surface area contributed by atoms with Gasteiger partial charge in [-0.25, -0.2) is 0 Å². The normalized spacial score (nSPS) is 50.2. The van der Waals surface area contributed by atoms with Crippen LogP contribution >= 0.6 is 0 Å². The molecule has 2 saturated heterocycles. The summed E-state index contributed by atoms with van der Waals surface area (Å²) in [7, 11) is 0. The topological polar surface area (TPSA) is 32.7 Å². The Morgan fingerprint density at radius 2 is 1.76 bits per heavy atom. The number of hydrogen-bond acceptors (Lipinski definition) is 3. The number of aliphatic hydroxyl groups is 1. The lowest BCUT2D eigenvalue weighted by Gasteiger charge is -2.65. The van der Waals surface area contributed by atoms with Gasteiger partial charge in [-0.3, -0.25) is 0 Å². The van der Waals surface area contributed by atoms with E-state index in [1.807, 2.05) is 0 Å². The molecule has 29 heavy (non-hydrogen) atoms. The Morgan fingerprint density at radius 1 is 0.897 bits per heavy atom. The molecule has 8 unspecified atom stereocenters. The van der Waals surface area contributed by atoms with Crippen molar-refractivity contribution in [1.29, 1.82) is 0 Å². The number of aliphatic hydroxyl groups excluding tert-OH is 1. The predicted octanol–water partition coefficient (Wildman–Crippen LogP) is 5.53. The average molecular weight is 402 g/mol. The highest BCUT2D eigenvalue weighted by molar-refractivity contribution is 5.16. The molecule has 164 valence electrons. The highest BCUT2D eigenvalue weighted by atomic mass is 16.5. The quantitative estimate of drug-likeness (QED) is 0.660. The van der Waals surface area contributed by atoms with E-state index in [-0.39, 0.29) is 17.7 Å². The van der Waals surface area contributed by atoms with E-state index in [4.69, 9.17) is 4.74 Å². The summed E-state index contributed by atoms with van der Waals surface area (Å²) in [6.07, 6.45) is 15.3. The molecule has 0 aromatic carbocycles. The molecule has 8 atom stereocenters. The molecule has 2 heterocycles. The van der Waals surface area contributed by atoms with Crippen LogP contribution in [0, 0.1) is 29.1 Å². The van der Waals surface area contributed by atoms with E-state index in [1.54, 1.807) is 0 Å². The lowest BCUT2D eigenvalue weighted by atomic mass is 9.45. The molecule has 3 saturated carbocycles. The molecular formula is C26H43NO2. The average Bonchev–Trinajstić information content (AvgIpc) is 2.72. The van der Waals surface area contributed by atoms with Gasteiger partial charge < -0.3 is 14.7 Å². The van der Waals surface area contributed by atoms with Crippen LogP contribution in [0.15, 0.2) is 12.3 Å². The van der Waals surface area contributed by atoms with Crippen molar-refractivity contribution in [1.82, 2.24) is 4.90 Å². The fourth-order valence-corrected chi connectivity index (χ4v) is 8.92. The van der Waals surface area contributed by atoms with E-state index < -0.39 is 0 Å². The molecule has 1 N–H and O–H groups in total. The van der Waals surface area contributed by atoms with E-state index in [1.165, 1.54) is 76.5 Å². The van der Waals surface area contributed by atoms with Gasteiger partial charge in [-0.2, -0.15) is 0 Å². The van der Waals surface area contributed by atoms with Crippen molar-refractivity contribution in [3.05, 3.63) is 12.3 Å². The predicted molar refractivity (Wildman–Crippen MR) is 117 cm³/mol. The summed E-state index contributed by atoms with van der Waals surface area (Å²) in [5.74, 6) is 2.98. The van der Waals surface area contributed by atoms with Crippen LogP contribution in [0.2, 0.25) is 0 Å². The number of likely N-dealkylation sites (tertiary alicyclic amines) is 1. The van der Waals surface area contributed by atoms with Crippen molar-refractivity contribution >= 4 is 0 Å². The summed E-state index contributed by atoms with van der Waals surface area (Å²) >= 11 is 0. The van der Waals surface area contributed by atoms with Crippen LogP contribution in [0.3, 0.4) is 0 Å². The molecule has 0 spiro atoms. The van der Waals surface area contributed by atoms with Gasteiger partial charge in [0.2, 0.25) is 0 Å². The summed E-state index contributed by atoms with van der Waals surface area (Å²) in [5, 5.41) is 10.8. The highest BCUT2D eigenvalue weighted by Gasteiger charge is 2.59. The maximum atomic E-state index is 10.8. The van der Waals surface area contributed by atoms with Gasteiger partial charge in [0.1, 0.15) is 0 Å². The molecule has 5 aliphatic rings. The third-order valence-electron chi connectivity index (χ3n) is 10.4. The summed E-state index contributed by atoms with van der Waals surface area (Å²) in [4.78, 5) is 2.72. The van der Waals surface area contributed by atoms with Crippen LogP contribution in [0.5, 0.6) is 0 Å². The summed E-state index contributed by atoms with van der Waals surface area (Å²) in [6, 6.07) is 0. The first-order chi connectivity index (χ1) is 13.9. The third-order valence-corrected chi connectivity index (χ3v) is 10.4. The van der Waals surface area contributed by atoms with Gasteiger partial charge >= 0.3 is 0 Å². The van der Waals surface area contributed by atoms with Crippen molar-refractivity contribution in [3.63, 3.8) is 0 Å². The Labute approximate surface area is 178 Å². The molecule has 3 heteroatoms. The molecule has 3 aliphatic carbocycles. The number of fused-ring (bicyclic) bond motifs is 5. The van der Waals surface area contributed by atoms with Crippen molar-refractivity contribution < 1.29 is 9.84 Å². The minimum Gasteiger partial charge on any atom is -0.393 e. The molecule has 5 fully saturated rings. The molecule has 0 aromatic heterocycles. The summed E-state index contributed by atoms with van der Waals surface area (Å²) < 4.78 is 6.15. The monoisotopic (exact) mass is 401 g/mol. The van der Waals surface area contributed by atoms with Gasteiger partial charge in [0, 0.05) is 24.4 Å². The maximum absolute atomic E-state index is 10.8. The summed E-state index contributed by atoms with van der Waals surface area (Å²) in [5.41, 5.74) is 1.91. The van der Waals surface area contributed by atoms with Crippen molar-refractivity contribution in [2.75, 3.05) is 13.2 Å². The van der Waals surface area contributed by atoms with E-state index in [0.29, 0.717) is 11.3 Å². The van der Waals surface area contributed by atoms with Crippen molar-refractivity contribution in [2.45, 2.75) is 109 Å². The van der Waals surface area contributed by atoms with E-state index in [2.05, 4.69) is 25.3 Å². The number of rotatable bonds is 2. The minimum atomic E-state index is -0.0471. The van der Waals surface area contributed by atoms with Gasteiger partial charge in [-0.15, -0.1) is 0 Å². The van der Waals surface area contributed by atoms with Crippen LogP contribution in [0.1, 0.15) is 90.9 Å². The molecule has 2 aliphatic heterocycles. The van der Waals surface area contributed by atoms with E-state index in [9.17, 15) is 5.11 Å². The molecular weight excluding hydrogens is 358 g/mol. The van der Waals surface area contributed by atoms with Crippen molar-refractivity contribution in [2.24, 2.45) is 29.1 Å². The second-order valence-electron chi connectivity index (χ2n) is 11.6. The lowest BCUT2D eigenvalue weighted by Crippen LogP contribution is -2.64. The number of nitrogens with zero attached hydrogens (tertiary/aromatic N) is 1. The maximum Gasteiger partial charge on any atom is 0.0965 e. The SMILES string of the molecule is C=C(C1CCCCO1)N1CCCC2C3CCC4C(O)CCCC4(C)C3CCC21C. The third kappa shape index (κ3) is 3.13. The van der Waals surface area contributed by atoms with Gasteiger partial charge in [-0.1, -0.05) is 19.9 Å². The molecule has 5 rings (SSSR count). The van der Waals surface area contributed by atoms with Crippen LogP contribution in [-0.4, -0.2) is 40.9 Å². The van der Waals surface area contributed by atoms with Crippen LogP contribution < -0.4 is 0 Å². The van der Waals surface area contributed by atoms with Crippen LogP contribution in [0.4, 0.5) is 0 Å². The Balaban J connectivity index is 1.39. The Bertz CT molecular complexity index is 628. The van der Waals surface area contributed by atoms with Crippen LogP contribution in [0.25, 0.3) is 0 Å². The zero-order valence-electron chi connectivity index (χ0n) is 18.9. The smallest absolute Gasteiger partial charge is 0.0965 e. The highest BCUT2D eigenvalue weighted by Crippen LogP contribution is 2.63. The van der Waals surface area contributed by atoms with Crippen LogP contribution in [-0.2, 0) is 4.74 Å². The first-order valence-electron chi connectivity index (χ1n) is 12.7. The van der Waals surface area contributed by atoms with E-state index >= 15 is 0 Å². The Morgan fingerprint density at radius 3 is 2.55 bits per heavy atom. The molecule has 0 radical (unpaired) electrons. The van der Waals surface area contributed by atoms with Crippen molar-refractivity contribution in [3.8, 4) is 0 Å². The van der Waals surface area contributed by atoms with E-state index in [0.717, 1.165) is 37.2 Å². The molecule has 3 nitrogen and oxygen atoms in total. The Hall–Kier alpha value is -0.540. The second-order valence-corrected chi connectivity index (χ2v) is 11.6. The molecule has 0 amide bonds. The lowest BCUT2D eigenvalue weighted by molar-refractivity contribution is -0.159. The Kier molecular flexibility index (Phi) is 5.30. The zero-order valence-corrected chi connectivity index (χ0v) is 18.9. The largest absolute Gasteiger partial charge is 0.393 e. The number of ether oxygens (including phenoxy) is 1.